The molecule has 8 heteroatoms. The van der Waals surface area contributed by atoms with Crippen molar-refractivity contribution in [2.45, 2.75) is 13.0 Å². The minimum Gasteiger partial charge on any atom is -0.341 e. The third kappa shape index (κ3) is 3.41. The summed E-state index contributed by atoms with van der Waals surface area (Å²) < 4.78 is 0. The number of amides is 1. The number of hydrogen-bond acceptors (Lipinski definition) is 4. The minimum atomic E-state index is -0.618. The fourth-order valence-electron chi connectivity index (χ4n) is 1.64. The van der Waals surface area contributed by atoms with Crippen LogP contribution in [0.25, 0.3) is 0 Å². The van der Waals surface area contributed by atoms with E-state index in [0.717, 1.165) is 5.56 Å². The van der Waals surface area contributed by atoms with Gasteiger partial charge in [-0.2, -0.15) is 5.10 Å². The summed E-state index contributed by atoms with van der Waals surface area (Å²) in [6.07, 6.45) is 3.28. The molecule has 0 aliphatic carbocycles. The number of H-pyrrole nitrogens is 3. The third-order valence-corrected chi connectivity index (χ3v) is 2.56. The van der Waals surface area contributed by atoms with Crippen molar-refractivity contribution in [2.75, 3.05) is 7.05 Å². The van der Waals surface area contributed by atoms with Gasteiger partial charge in [0.25, 0.3) is 5.56 Å². The van der Waals surface area contributed by atoms with Crippen molar-refractivity contribution in [3.05, 3.63) is 50.6 Å². The van der Waals surface area contributed by atoms with Crippen LogP contribution in [0.2, 0.25) is 0 Å². The summed E-state index contributed by atoms with van der Waals surface area (Å²) >= 11 is 0. The topological polar surface area (TPSA) is 115 Å². The molecule has 3 N–H and O–H groups in total. The Balaban J connectivity index is 2.04. The second-order valence-electron chi connectivity index (χ2n) is 4.15. The second-order valence-corrected chi connectivity index (χ2v) is 4.15. The molecule has 0 saturated heterocycles. The molecular formula is C11H13N5O3. The van der Waals surface area contributed by atoms with E-state index in [-0.39, 0.29) is 18.0 Å². The molecule has 0 fully saturated rings. The maximum atomic E-state index is 11.9. The molecule has 0 aliphatic heterocycles. The SMILES string of the molecule is CN(Cc1cn[nH]c1)C(=O)Cc1cc(=O)[nH]c(=O)[nH]1. The minimum absolute atomic E-state index is 0.0342. The van der Waals surface area contributed by atoms with Gasteiger partial charge in [0.05, 0.1) is 12.6 Å². The molecule has 0 unspecified atom stereocenters. The number of rotatable bonds is 4. The average Bonchev–Trinajstić information content (AvgIpc) is 2.80. The monoisotopic (exact) mass is 263 g/mol. The molecule has 0 aromatic carbocycles. The van der Waals surface area contributed by atoms with Crippen molar-refractivity contribution in [1.29, 1.82) is 0 Å². The van der Waals surface area contributed by atoms with E-state index in [9.17, 15) is 14.4 Å². The molecule has 0 aliphatic rings. The maximum Gasteiger partial charge on any atom is 0.325 e. The van der Waals surface area contributed by atoms with E-state index in [1.165, 1.54) is 11.0 Å². The smallest absolute Gasteiger partial charge is 0.325 e. The molecule has 1 amide bonds. The van der Waals surface area contributed by atoms with Gasteiger partial charge in [-0.1, -0.05) is 0 Å². The predicted molar refractivity (Wildman–Crippen MR) is 66.4 cm³/mol. The van der Waals surface area contributed by atoms with Crippen LogP contribution in [0.3, 0.4) is 0 Å². The van der Waals surface area contributed by atoms with E-state index in [0.29, 0.717) is 6.54 Å². The lowest BCUT2D eigenvalue weighted by atomic mass is 10.2. The summed E-state index contributed by atoms with van der Waals surface area (Å²) in [4.78, 5) is 40.1. The Hall–Kier alpha value is -2.64. The summed E-state index contributed by atoms with van der Waals surface area (Å²) in [5, 5.41) is 6.44. The number of nitrogens with zero attached hydrogens (tertiary/aromatic N) is 2. The number of aromatic nitrogens is 4. The van der Waals surface area contributed by atoms with E-state index in [4.69, 9.17) is 0 Å². The molecule has 8 nitrogen and oxygen atoms in total. The first kappa shape index (κ1) is 12.8. The number of likely N-dealkylation sites (N-methyl/N-ethyl adjacent to an activating group) is 1. The number of nitrogens with one attached hydrogen (secondary N) is 3. The highest BCUT2D eigenvalue weighted by Gasteiger charge is 2.11. The number of aromatic amines is 3. The molecular weight excluding hydrogens is 250 g/mol. The molecule has 0 bridgehead atoms. The lowest BCUT2D eigenvalue weighted by Crippen LogP contribution is -2.30. The van der Waals surface area contributed by atoms with Crippen molar-refractivity contribution in [3.8, 4) is 0 Å². The first-order chi connectivity index (χ1) is 9.04. The molecule has 0 radical (unpaired) electrons. The molecule has 2 aromatic rings. The molecule has 19 heavy (non-hydrogen) atoms. The Bertz CT molecular complexity index is 642. The summed E-state index contributed by atoms with van der Waals surface area (Å²) in [6.45, 7) is 0.406. The number of carbonyl (C=O) groups excluding carboxylic acids is 1. The lowest BCUT2D eigenvalue weighted by Gasteiger charge is -2.15. The molecule has 0 saturated carbocycles. The van der Waals surface area contributed by atoms with Crippen molar-refractivity contribution in [3.63, 3.8) is 0 Å². The zero-order chi connectivity index (χ0) is 13.8. The first-order valence-electron chi connectivity index (χ1n) is 5.59. The van der Waals surface area contributed by atoms with Crippen LogP contribution < -0.4 is 11.2 Å². The van der Waals surface area contributed by atoms with Gasteiger partial charge in [0, 0.05) is 37.1 Å². The van der Waals surface area contributed by atoms with E-state index in [1.54, 1.807) is 19.4 Å². The van der Waals surface area contributed by atoms with Gasteiger partial charge in [0.2, 0.25) is 5.91 Å². The fraction of sp³-hybridized carbons (Fsp3) is 0.273. The van der Waals surface area contributed by atoms with Crippen LogP contribution in [0.1, 0.15) is 11.3 Å². The highest BCUT2D eigenvalue weighted by atomic mass is 16.2. The Morgan fingerprint density at radius 3 is 2.79 bits per heavy atom. The van der Waals surface area contributed by atoms with Crippen LogP contribution in [0.15, 0.2) is 28.0 Å². The largest absolute Gasteiger partial charge is 0.341 e. The molecule has 2 rings (SSSR count). The second kappa shape index (κ2) is 5.34. The summed E-state index contributed by atoms with van der Waals surface area (Å²) in [5.41, 5.74) is 0.0184. The van der Waals surface area contributed by atoms with Crippen LogP contribution in [-0.4, -0.2) is 38.0 Å². The van der Waals surface area contributed by atoms with Gasteiger partial charge in [0.15, 0.2) is 0 Å². The first-order valence-corrected chi connectivity index (χ1v) is 5.59. The predicted octanol–water partition coefficient (Wildman–Crippen LogP) is -1.01. The van der Waals surface area contributed by atoms with Gasteiger partial charge < -0.3 is 9.88 Å². The van der Waals surface area contributed by atoms with Gasteiger partial charge in [-0.3, -0.25) is 19.7 Å². The summed E-state index contributed by atoms with van der Waals surface area (Å²) in [7, 11) is 1.64. The molecule has 0 spiro atoms. The Morgan fingerprint density at radius 2 is 2.16 bits per heavy atom. The van der Waals surface area contributed by atoms with Crippen molar-refractivity contribution >= 4 is 5.91 Å². The lowest BCUT2D eigenvalue weighted by molar-refractivity contribution is -0.129. The van der Waals surface area contributed by atoms with E-state index < -0.39 is 11.2 Å². The summed E-state index contributed by atoms with van der Waals surface area (Å²) in [6, 6.07) is 1.20. The summed E-state index contributed by atoms with van der Waals surface area (Å²) in [5.74, 6) is -0.206. The van der Waals surface area contributed by atoms with Gasteiger partial charge in [-0.25, -0.2) is 4.79 Å². The number of carbonyl (C=O) groups is 1. The van der Waals surface area contributed by atoms with Crippen LogP contribution >= 0.6 is 0 Å². The maximum absolute atomic E-state index is 11.9. The molecule has 2 heterocycles. The zero-order valence-corrected chi connectivity index (χ0v) is 10.3. The highest BCUT2D eigenvalue weighted by molar-refractivity contribution is 5.77. The molecule has 0 atom stereocenters. The quantitative estimate of drug-likeness (QED) is 0.655. The van der Waals surface area contributed by atoms with E-state index >= 15 is 0 Å². The Kier molecular flexibility index (Phi) is 3.60. The standard InChI is InChI=1S/C11H13N5O3/c1-16(6-7-4-12-13-5-7)10(18)3-8-2-9(17)15-11(19)14-8/h2,4-5H,3,6H2,1H3,(H,12,13)(H2,14,15,17,19). The zero-order valence-electron chi connectivity index (χ0n) is 10.3. The molecule has 2 aromatic heterocycles. The van der Waals surface area contributed by atoms with Crippen molar-refractivity contribution in [2.24, 2.45) is 0 Å². The van der Waals surface area contributed by atoms with Gasteiger partial charge in [0.1, 0.15) is 0 Å². The van der Waals surface area contributed by atoms with Crippen molar-refractivity contribution in [1.82, 2.24) is 25.1 Å². The normalized spacial score (nSPS) is 10.4. The van der Waals surface area contributed by atoms with Crippen LogP contribution in [0, 0.1) is 0 Å². The van der Waals surface area contributed by atoms with Gasteiger partial charge in [-0.05, 0) is 0 Å². The van der Waals surface area contributed by atoms with Gasteiger partial charge >= 0.3 is 5.69 Å². The van der Waals surface area contributed by atoms with E-state index in [1.807, 2.05) is 4.98 Å². The van der Waals surface area contributed by atoms with Crippen LogP contribution in [0.4, 0.5) is 0 Å². The molecule has 100 valence electrons. The fourth-order valence-corrected chi connectivity index (χ4v) is 1.64. The third-order valence-electron chi connectivity index (χ3n) is 2.56. The van der Waals surface area contributed by atoms with Crippen LogP contribution in [0.5, 0.6) is 0 Å². The number of hydrogen-bond donors (Lipinski definition) is 3. The Labute approximate surface area is 107 Å². The van der Waals surface area contributed by atoms with E-state index in [2.05, 4.69) is 15.2 Å². The van der Waals surface area contributed by atoms with Crippen molar-refractivity contribution < 1.29 is 4.79 Å². The Morgan fingerprint density at radius 1 is 1.37 bits per heavy atom. The van der Waals surface area contributed by atoms with Gasteiger partial charge in [-0.15, -0.1) is 0 Å². The average molecular weight is 263 g/mol. The highest BCUT2D eigenvalue weighted by Crippen LogP contribution is 2.02. The van der Waals surface area contributed by atoms with Crippen LogP contribution in [-0.2, 0) is 17.8 Å².